The number of aliphatic hydroxyl groups excluding tert-OH is 2. The maximum absolute atomic E-state index is 9.21. The molecule has 0 aromatic carbocycles. The molecular formula is C10H18O3. The molecule has 1 rings (SSSR count). The molecule has 76 valence electrons. The Morgan fingerprint density at radius 1 is 1.62 bits per heavy atom. The van der Waals surface area contributed by atoms with Crippen LogP contribution in [0.4, 0.5) is 0 Å². The second-order valence-corrected chi connectivity index (χ2v) is 3.53. The summed E-state index contributed by atoms with van der Waals surface area (Å²) >= 11 is 0. The fourth-order valence-electron chi connectivity index (χ4n) is 1.42. The molecule has 2 unspecified atom stereocenters. The Bertz CT molecular complexity index is 169. The van der Waals surface area contributed by atoms with Crippen LogP contribution in [0.2, 0.25) is 0 Å². The van der Waals surface area contributed by atoms with Crippen molar-refractivity contribution in [1.29, 1.82) is 0 Å². The van der Waals surface area contributed by atoms with E-state index in [0.29, 0.717) is 6.42 Å². The third kappa shape index (κ3) is 3.79. The van der Waals surface area contributed by atoms with Crippen LogP contribution < -0.4 is 0 Å². The van der Waals surface area contributed by atoms with Gasteiger partial charge < -0.3 is 14.9 Å². The molecule has 0 bridgehead atoms. The van der Waals surface area contributed by atoms with Gasteiger partial charge in [-0.1, -0.05) is 0 Å². The Kier molecular flexibility index (Phi) is 4.25. The van der Waals surface area contributed by atoms with Gasteiger partial charge in [0.1, 0.15) is 11.9 Å². The van der Waals surface area contributed by atoms with Crippen molar-refractivity contribution in [2.75, 3.05) is 6.61 Å². The van der Waals surface area contributed by atoms with Crippen LogP contribution >= 0.6 is 0 Å². The SMILES string of the molecule is CC(O)/C(O)=C/CC1CCCCO1. The third-order valence-corrected chi connectivity index (χ3v) is 2.29. The highest BCUT2D eigenvalue weighted by Crippen LogP contribution is 2.16. The van der Waals surface area contributed by atoms with Gasteiger partial charge in [0.05, 0.1) is 6.10 Å². The van der Waals surface area contributed by atoms with E-state index in [-0.39, 0.29) is 11.9 Å². The minimum absolute atomic E-state index is 0.0502. The highest BCUT2D eigenvalue weighted by atomic mass is 16.5. The summed E-state index contributed by atoms with van der Waals surface area (Å²) in [5.41, 5.74) is 0. The van der Waals surface area contributed by atoms with Crippen LogP contribution in [0.15, 0.2) is 11.8 Å². The van der Waals surface area contributed by atoms with Gasteiger partial charge in [-0.3, -0.25) is 0 Å². The molecule has 13 heavy (non-hydrogen) atoms. The van der Waals surface area contributed by atoms with Gasteiger partial charge in [-0.25, -0.2) is 0 Å². The monoisotopic (exact) mass is 186 g/mol. The number of rotatable bonds is 3. The lowest BCUT2D eigenvalue weighted by molar-refractivity contribution is 0.0176. The first-order valence-electron chi connectivity index (χ1n) is 4.89. The first-order valence-corrected chi connectivity index (χ1v) is 4.89. The molecule has 0 aromatic heterocycles. The minimum Gasteiger partial charge on any atom is -0.510 e. The summed E-state index contributed by atoms with van der Waals surface area (Å²) in [6, 6.07) is 0. The zero-order chi connectivity index (χ0) is 9.68. The largest absolute Gasteiger partial charge is 0.510 e. The normalized spacial score (nSPS) is 27.2. The van der Waals surface area contributed by atoms with Crippen LogP contribution in [-0.4, -0.2) is 29.0 Å². The Hall–Kier alpha value is -0.540. The molecule has 1 fully saturated rings. The molecule has 1 aliphatic heterocycles. The Labute approximate surface area is 79.0 Å². The van der Waals surface area contributed by atoms with Gasteiger partial charge in [0.2, 0.25) is 0 Å². The average molecular weight is 186 g/mol. The number of ether oxygens (including phenoxy) is 1. The lowest BCUT2D eigenvalue weighted by Crippen LogP contribution is -2.18. The first kappa shape index (κ1) is 10.5. The van der Waals surface area contributed by atoms with E-state index in [1.165, 1.54) is 6.42 Å². The topological polar surface area (TPSA) is 49.7 Å². The summed E-state index contributed by atoms with van der Waals surface area (Å²) in [6.45, 7) is 2.38. The molecule has 2 N–H and O–H groups in total. The van der Waals surface area contributed by atoms with Crippen molar-refractivity contribution in [3.05, 3.63) is 11.8 Å². The predicted octanol–water partition coefficient (Wildman–Crippen LogP) is 1.77. The molecule has 1 saturated heterocycles. The van der Waals surface area contributed by atoms with E-state index in [2.05, 4.69) is 0 Å². The van der Waals surface area contributed by atoms with Crippen molar-refractivity contribution < 1.29 is 14.9 Å². The second kappa shape index (κ2) is 5.25. The van der Waals surface area contributed by atoms with Gasteiger partial charge in [-0.05, 0) is 38.7 Å². The third-order valence-electron chi connectivity index (χ3n) is 2.29. The summed E-state index contributed by atoms with van der Waals surface area (Å²) in [4.78, 5) is 0. The highest BCUT2D eigenvalue weighted by Gasteiger charge is 2.12. The molecular weight excluding hydrogens is 168 g/mol. The molecule has 1 aliphatic rings. The van der Waals surface area contributed by atoms with Crippen LogP contribution in [0.1, 0.15) is 32.6 Å². The molecule has 0 amide bonds. The Morgan fingerprint density at radius 3 is 2.92 bits per heavy atom. The van der Waals surface area contributed by atoms with Crippen LogP contribution in [0, 0.1) is 0 Å². The lowest BCUT2D eigenvalue weighted by Gasteiger charge is -2.21. The van der Waals surface area contributed by atoms with E-state index in [9.17, 15) is 5.11 Å². The van der Waals surface area contributed by atoms with Crippen LogP contribution in [-0.2, 0) is 4.74 Å². The molecule has 3 heteroatoms. The Morgan fingerprint density at radius 2 is 2.38 bits per heavy atom. The molecule has 2 atom stereocenters. The summed E-state index contributed by atoms with van der Waals surface area (Å²) in [5, 5.41) is 18.2. The van der Waals surface area contributed by atoms with Gasteiger partial charge in [-0.15, -0.1) is 0 Å². The van der Waals surface area contributed by atoms with E-state index in [1.807, 2.05) is 0 Å². The zero-order valence-electron chi connectivity index (χ0n) is 8.07. The van der Waals surface area contributed by atoms with Gasteiger partial charge in [0, 0.05) is 6.61 Å². The minimum atomic E-state index is -0.761. The van der Waals surface area contributed by atoms with Gasteiger partial charge in [0.25, 0.3) is 0 Å². The molecule has 1 heterocycles. The number of aliphatic hydroxyl groups is 2. The molecule has 0 aromatic rings. The zero-order valence-corrected chi connectivity index (χ0v) is 8.07. The van der Waals surface area contributed by atoms with Crippen molar-refractivity contribution in [3.63, 3.8) is 0 Å². The van der Waals surface area contributed by atoms with Crippen LogP contribution in [0.25, 0.3) is 0 Å². The Balaban J connectivity index is 2.27. The van der Waals surface area contributed by atoms with E-state index in [1.54, 1.807) is 13.0 Å². The van der Waals surface area contributed by atoms with Crippen LogP contribution in [0.5, 0.6) is 0 Å². The smallest absolute Gasteiger partial charge is 0.117 e. The van der Waals surface area contributed by atoms with Crippen molar-refractivity contribution in [3.8, 4) is 0 Å². The molecule has 3 nitrogen and oxygen atoms in total. The summed E-state index contributed by atoms with van der Waals surface area (Å²) in [6.07, 6.45) is 5.23. The summed E-state index contributed by atoms with van der Waals surface area (Å²) < 4.78 is 5.47. The average Bonchev–Trinajstić information content (AvgIpc) is 2.15. The quantitative estimate of drug-likeness (QED) is 0.660. The lowest BCUT2D eigenvalue weighted by atomic mass is 10.1. The van der Waals surface area contributed by atoms with Gasteiger partial charge in [0.15, 0.2) is 0 Å². The van der Waals surface area contributed by atoms with Gasteiger partial charge in [-0.2, -0.15) is 0 Å². The van der Waals surface area contributed by atoms with Crippen molar-refractivity contribution >= 4 is 0 Å². The van der Waals surface area contributed by atoms with Crippen LogP contribution in [0.3, 0.4) is 0 Å². The fourth-order valence-corrected chi connectivity index (χ4v) is 1.42. The number of hydrogen-bond donors (Lipinski definition) is 2. The molecule has 0 aliphatic carbocycles. The van der Waals surface area contributed by atoms with E-state index in [0.717, 1.165) is 19.4 Å². The predicted molar refractivity (Wildman–Crippen MR) is 50.6 cm³/mol. The first-order chi connectivity index (χ1) is 6.20. The molecule has 0 radical (unpaired) electrons. The maximum Gasteiger partial charge on any atom is 0.117 e. The standard InChI is InChI=1S/C10H18O3/c1-8(11)10(12)6-5-9-4-2-3-7-13-9/h6,8-9,11-12H,2-5,7H2,1H3/b10-6-. The van der Waals surface area contributed by atoms with Gasteiger partial charge >= 0.3 is 0 Å². The van der Waals surface area contributed by atoms with E-state index >= 15 is 0 Å². The summed E-state index contributed by atoms with van der Waals surface area (Å²) in [7, 11) is 0. The molecule has 0 spiro atoms. The summed E-state index contributed by atoms with van der Waals surface area (Å²) in [5.74, 6) is 0.0502. The molecule has 0 saturated carbocycles. The maximum atomic E-state index is 9.21. The second-order valence-electron chi connectivity index (χ2n) is 3.53. The highest BCUT2D eigenvalue weighted by molar-refractivity contribution is 4.97. The number of hydrogen-bond acceptors (Lipinski definition) is 3. The van der Waals surface area contributed by atoms with Crippen molar-refractivity contribution in [2.24, 2.45) is 0 Å². The van der Waals surface area contributed by atoms with E-state index in [4.69, 9.17) is 9.84 Å². The van der Waals surface area contributed by atoms with E-state index < -0.39 is 6.10 Å². The fraction of sp³-hybridized carbons (Fsp3) is 0.800. The van der Waals surface area contributed by atoms with Crippen molar-refractivity contribution in [1.82, 2.24) is 0 Å². The van der Waals surface area contributed by atoms with Crippen molar-refractivity contribution in [2.45, 2.75) is 44.8 Å².